The highest BCUT2D eigenvalue weighted by Crippen LogP contribution is 2.37. The average molecular weight is 229 g/mol. The maximum Gasteiger partial charge on any atom is 0.308 e. The molecule has 3 rings (SSSR count). The van der Waals surface area contributed by atoms with Crippen LogP contribution in [-0.4, -0.2) is 17.1 Å². The quantitative estimate of drug-likeness (QED) is 0.778. The lowest BCUT2D eigenvalue weighted by Gasteiger charge is -2.36. The minimum atomic E-state index is -0.688. The van der Waals surface area contributed by atoms with E-state index in [1.807, 2.05) is 18.2 Å². The molecule has 0 bridgehead atoms. The Hall–Kier alpha value is -1.77. The van der Waals surface area contributed by atoms with E-state index >= 15 is 0 Å². The topological polar surface area (TPSA) is 49.3 Å². The fourth-order valence-corrected chi connectivity index (χ4v) is 2.85. The monoisotopic (exact) mass is 229 g/mol. The van der Waals surface area contributed by atoms with E-state index in [4.69, 9.17) is 0 Å². The molecule has 0 spiro atoms. The molecule has 2 N–H and O–H groups in total. The summed E-state index contributed by atoms with van der Waals surface area (Å²) in [6.07, 6.45) is 4.91. The molecule has 3 heteroatoms. The standard InChI is InChI=1S/C14H15NO2/c16-14(17)11-6-3-5-10-8-9-4-1-2-7-12(9)15-13(10)11/h1-2,4,7-8,11,13,15H,3,5-6H2,(H,16,17). The minimum absolute atomic E-state index is 0.0175. The molecule has 3 nitrogen and oxygen atoms in total. The van der Waals surface area contributed by atoms with Crippen molar-refractivity contribution >= 4 is 17.7 Å². The van der Waals surface area contributed by atoms with Gasteiger partial charge in [0.2, 0.25) is 0 Å². The number of nitrogens with one attached hydrogen (secondary N) is 1. The summed E-state index contributed by atoms with van der Waals surface area (Å²) in [7, 11) is 0. The zero-order chi connectivity index (χ0) is 11.8. The molecule has 1 heterocycles. The van der Waals surface area contributed by atoms with Gasteiger partial charge in [0, 0.05) is 5.69 Å². The number of rotatable bonds is 1. The molecule has 88 valence electrons. The Kier molecular flexibility index (Phi) is 2.39. The van der Waals surface area contributed by atoms with Gasteiger partial charge in [-0.3, -0.25) is 4.79 Å². The maximum atomic E-state index is 11.3. The second kappa shape index (κ2) is 3.91. The van der Waals surface area contributed by atoms with Gasteiger partial charge in [0.05, 0.1) is 12.0 Å². The summed E-state index contributed by atoms with van der Waals surface area (Å²) >= 11 is 0. The van der Waals surface area contributed by atoms with Gasteiger partial charge >= 0.3 is 5.97 Å². The van der Waals surface area contributed by atoms with E-state index in [1.54, 1.807) is 0 Å². The Labute approximate surface area is 100 Å². The van der Waals surface area contributed by atoms with Gasteiger partial charge in [0.25, 0.3) is 0 Å². The molecule has 2 unspecified atom stereocenters. The molecule has 1 fully saturated rings. The van der Waals surface area contributed by atoms with E-state index in [1.165, 1.54) is 11.1 Å². The summed E-state index contributed by atoms with van der Waals surface area (Å²) in [5.41, 5.74) is 3.46. The summed E-state index contributed by atoms with van der Waals surface area (Å²) in [4.78, 5) is 11.3. The van der Waals surface area contributed by atoms with Crippen LogP contribution in [0.2, 0.25) is 0 Å². The van der Waals surface area contributed by atoms with E-state index in [0.29, 0.717) is 0 Å². The maximum absolute atomic E-state index is 11.3. The van der Waals surface area contributed by atoms with Gasteiger partial charge < -0.3 is 10.4 Å². The van der Waals surface area contributed by atoms with Gasteiger partial charge in [-0.15, -0.1) is 0 Å². The summed E-state index contributed by atoms with van der Waals surface area (Å²) in [6, 6.07) is 8.04. The van der Waals surface area contributed by atoms with E-state index in [-0.39, 0.29) is 12.0 Å². The molecule has 1 saturated carbocycles. The lowest BCUT2D eigenvalue weighted by molar-refractivity contribution is -0.142. The van der Waals surface area contributed by atoms with Crippen LogP contribution in [0.15, 0.2) is 29.8 Å². The average Bonchev–Trinajstić information content (AvgIpc) is 2.35. The van der Waals surface area contributed by atoms with Gasteiger partial charge in [-0.25, -0.2) is 0 Å². The van der Waals surface area contributed by atoms with Crippen LogP contribution in [0.5, 0.6) is 0 Å². The predicted molar refractivity (Wildman–Crippen MR) is 66.8 cm³/mol. The van der Waals surface area contributed by atoms with Crippen molar-refractivity contribution in [2.24, 2.45) is 5.92 Å². The zero-order valence-corrected chi connectivity index (χ0v) is 9.52. The van der Waals surface area contributed by atoms with Crippen LogP contribution in [0.3, 0.4) is 0 Å². The smallest absolute Gasteiger partial charge is 0.308 e. The molecule has 1 aliphatic carbocycles. The van der Waals surface area contributed by atoms with Crippen molar-refractivity contribution in [3.63, 3.8) is 0 Å². The SMILES string of the molecule is O=C(O)C1CCCC2=Cc3ccccc3NC21. The molecule has 0 amide bonds. The van der Waals surface area contributed by atoms with E-state index in [2.05, 4.69) is 17.5 Å². The fourth-order valence-electron chi connectivity index (χ4n) is 2.85. The van der Waals surface area contributed by atoms with Crippen molar-refractivity contribution in [3.05, 3.63) is 35.4 Å². The van der Waals surface area contributed by atoms with Crippen LogP contribution < -0.4 is 5.32 Å². The number of carbonyl (C=O) groups is 1. The number of aliphatic carboxylic acids is 1. The molecule has 2 aliphatic rings. The van der Waals surface area contributed by atoms with Crippen LogP contribution >= 0.6 is 0 Å². The summed E-state index contributed by atoms with van der Waals surface area (Å²) in [5.74, 6) is -0.976. The molecule has 1 aromatic rings. The van der Waals surface area contributed by atoms with Gasteiger partial charge in [0.1, 0.15) is 0 Å². The first-order valence-electron chi connectivity index (χ1n) is 6.04. The number of benzene rings is 1. The highest BCUT2D eigenvalue weighted by atomic mass is 16.4. The summed E-state index contributed by atoms with van der Waals surface area (Å²) in [6.45, 7) is 0. The van der Waals surface area contributed by atoms with E-state index in [9.17, 15) is 9.90 Å². The van der Waals surface area contributed by atoms with E-state index in [0.717, 1.165) is 24.9 Å². The lowest BCUT2D eigenvalue weighted by atomic mass is 9.78. The molecule has 0 radical (unpaired) electrons. The highest BCUT2D eigenvalue weighted by Gasteiger charge is 2.35. The van der Waals surface area contributed by atoms with Gasteiger partial charge in [-0.1, -0.05) is 24.3 Å². The molecule has 17 heavy (non-hydrogen) atoms. The van der Waals surface area contributed by atoms with Gasteiger partial charge in [-0.2, -0.15) is 0 Å². The first-order chi connectivity index (χ1) is 8.25. The number of para-hydroxylation sites is 1. The Morgan fingerprint density at radius 3 is 3.00 bits per heavy atom. The second-order valence-corrected chi connectivity index (χ2v) is 4.77. The Morgan fingerprint density at radius 2 is 2.18 bits per heavy atom. The number of anilines is 1. The molecule has 0 saturated heterocycles. The van der Waals surface area contributed by atoms with Crippen molar-refractivity contribution in [3.8, 4) is 0 Å². The molecule has 1 aromatic carbocycles. The predicted octanol–water partition coefficient (Wildman–Crippen LogP) is 2.75. The van der Waals surface area contributed by atoms with Crippen molar-refractivity contribution in [2.45, 2.75) is 25.3 Å². The van der Waals surface area contributed by atoms with Crippen LogP contribution in [0, 0.1) is 5.92 Å². The molecular weight excluding hydrogens is 214 g/mol. The molecular formula is C14H15NO2. The van der Waals surface area contributed by atoms with Crippen LogP contribution in [0.1, 0.15) is 24.8 Å². The number of carboxylic acids is 1. The zero-order valence-electron chi connectivity index (χ0n) is 9.52. The van der Waals surface area contributed by atoms with Gasteiger partial charge in [0.15, 0.2) is 0 Å². The van der Waals surface area contributed by atoms with Gasteiger partial charge in [-0.05, 0) is 36.5 Å². The van der Waals surface area contributed by atoms with Crippen molar-refractivity contribution < 1.29 is 9.90 Å². The van der Waals surface area contributed by atoms with Crippen LogP contribution in [0.4, 0.5) is 5.69 Å². The third kappa shape index (κ3) is 1.71. The number of hydrogen-bond acceptors (Lipinski definition) is 2. The third-order valence-electron chi connectivity index (χ3n) is 3.71. The van der Waals surface area contributed by atoms with Crippen LogP contribution in [-0.2, 0) is 4.79 Å². The Bertz CT molecular complexity index is 493. The first-order valence-corrected chi connectivity index (χ1v) is 6.04. The summed E-state index contributed by atoms with van der Waals surface area (Å²) < 4.78 is 0. The number of carboxylic acid groups (broad SMARTS) is 1. The van der Waals surface area contributed by atoms with Crippen molar-refractivity contribution in [1.29, 1.82) is 0 Å². The minimum Gasteiger partial charge on any atom is -0.481 e. The number of hydrogen-bond donors (Lipinski definition) is 2. The highest BCUT2D eigenvalue weighted by molar-refractivity contribution is 5.79. The van der Waals surface area contributed by atoms with Crippen LogP contribution in [0.25, 0.3) is 6.08 Å². The third-order valence-corrected chi connectivity index (χ3v) is 3.71. The fraction of sp³-hybridized carbons (Fsp3) is 0.357. The second-order valence-electron chi connectivity index (χ2n) is 4.77. The largest absolute Gasteiger partial charge is 0.481 e. The Morgan fingerprint density at radius 1 is 1.35 bits per heavy atom. The van der Waals surface area contributed by atoms with E-state index < -0.39 is 5.97 Å². The molecule has 1 aliphatic heterocycles. The lowest BCUT2D eigenvalue weighted by Crippen LogP contribution is -2.40. The molecule has 0 aromatic heterocycles. The van der Waals surface area contributed by atoms with Crippen molar-refractivity contribution in [1.82, 2.24) is 0 Å². The van der Waals surface area contributed by atoms with Crippen molar-refractivity contribution in [2.75, 3.05) is 5.32 Å². The summed E-state index contributed by atoms with van der Waals surface area (Å²) in [5, 5.41) is 12.6. The first kappa shape index (κ1) is 10.4. The Balaban J connectivity index is 2.00. The number of fused-ring (bicyclic) bond motifs is 2. The molecule has 2 atom stereocenters. The normalized spacial score (nSPS) is 26.2.